The van der Waals surface area contributed by atoms with E-state index in [2.05, 4.69) is 10.0 Å². The molecule has 0 bridgehead atoms. The van der Waals surface area contributed by atoms with E-state index in [-0.39, 0.29) is 17.7 Å². The summed E-state index contributed by atoms with van der Waals surface area (Å²) in [6.07, 6.45) is 4.06. The van der Waals surface area contributed by atoms with Gasteiger partial charge in [0.05, 0.1) is 12.4 Å². The van der Waals surface area contributed by atoms with E-state index in [0.717, 1.165) is 42.8 Å². The fourth-order valence-electron chi connectivity index (χ4n) is 3.40. The van der Waals surface area contributed by atoms with Crippen molar-refractivity contribution < 1.29 is 13.2 Å². The van der Waals surface area contributed by atoms with E-state index < -0.39 is 10.0 Å². The quantitative estimate of drug-likeness (QED) is 0.707. The van der Waals surface area contributed by atoms with Crippen molar-refractivity contribution in [2.45, 2.75) is 38.6 Å². The van der Waals surface area contributed by atoms with Crippen molar-refractivity contribution in [1.82, 2.24) is 4.72 Å². The molecular weight excluding hydrogens is 360 g/mol. The highest BCUT2D eigenvalue weighted by molar-refractivity contribution is 7.89. The third-order valence-electron chi connectivity index (χ3n) is 5.00. The minimum Gasteiger partial charge on any atom is -0.493 e. The molecule has 146 valence electrons. The van der Waals surface area contributed by atoms with Crippen molar-refractivity contribution >= 4 is 21.4 Å². The van der Waals surface area contributed by atoms with Gasteiger partial charge in [0, 0.05) is 23.3 Å². The zero-order valence-corrected chi connectivity index (χ0v) is 16.5. The van der Waals surface area contributed by atoms with Gasteiger partial charge in [-0.3, -0.25) is 0 Å². The number of nitrogens with one attached hydrogen (secondary N) is 2. The summed E-state index contributed by atoms with van der Waals surface area (Å²) < 4.78 is 32.6. The van der Waals surface area contributed by atoms with E-state index in [1.165, 1.54) is 0 Å². The van der Waals surface area contributed by atoms with Crippen molar-refractivity contribution in [3.63, 3.8) is 0 Å². The largest absolute Gasteiger partial charge is 0.493 e. The summed E-state index contributed by atoms with van der Waals surface area (Å²) in [4.78, 5) is 0. The van der Waals surface area contributed by atoms with Crippen LogP contribution in [0.5, 0.6) is 5.75 Å². The smallest absolute Gasteiger partial charge is 0.211 e. The molecule has 1 fully saturated rings. The van der Waals surface area contributed by atoms with Gasteiger partial charge in [-0.25, -0.2) is 13.1 Å². The zero-order chi connectivity index (χ0) is 19.1. The topological polar surface area (TPSA) is 67.4 Å². The number of benzene rings is 2. The van der Waals surface area contributed by atoms with Gasteiger partial charge in [0.25, 0.3) is 0 Å². The van der Waals surface area contributed by atoms with E-state index in [1.54, 1.807) is 6.92 Å². The Labute approximate surface area is 162 Å². The van der Waals surface area contributed by atoms with Crippen LogP contribution in [-0.2, 0) is 10.0 Å². The van der Waals surface area contributed by atoms with Crippen molar-refractivity contribution in [2.24, 2.45) is 5.92 Å². The van der Waals surface area contributed by atoms with Crippen molar-refractivity contribution in [2.75, 3.05) is 17.7 Å². The molecule has 1 saturated carbocycles. The number of para-hydroxylation sites is 1. The lowest BCUT2D eigenvalue weighted by atomic mass is 9.86. The Morgan fingerprint density at radius 2 is 1.63 bits per heavy atom. The van der Waals surface area contributed by atoms with Crippen LogP contribution in [0.1, 0.15) is 32.6 Å². The zero-order valence-electron chi connectivity index (χ0n) is 15.7. The summed E-state index contributed by atoms with van der Waals surface area (Å²) in [5.41, 5.74) is 2.04. The van der Waals surface area contributed by atoms with Crippen LogP contribution in [0.2, 0.25) is 0 Å². The second-order valence-electron chi connectivity index (χ2n) is 7.00. The molecule has 2 N–H and O–H groups in total. The lowest BCUT2D eigenvalue weighted by Crippen LogP contribution is -2.44. The molecule has 0 spiro atoms. The number of hydrogen-bond donors (Lipinski definition) is 2. The first-order valence-electron chi connectivity index (χ1n) is 9.60. The highest BCUT2D eigenvalue weighted by atomic mass is 32.2. The molecule has 3 rings (SSSR count). The van der Waals surface area contributed by atoms with Gasteiger partial charge in [-0.05, 0) is 56.2 Å². The minimum atomic E-state index is -3.18. The Morgan fingerprint density at radius 3 is 2.33 bits per heavy atom. The van der Waals surface area contributed by atoms with Crippen LogP contribution in [0.3, 0.4) is 0 Å². The number of ether oxygens (including phenoxy) is 1. The number of rotatable bonds is 8. The first kappa shape index (κ1) is 19.7. The van der Waals surface area contributed by atoms with Crippen LogP contribution < -0.4 is 14.8 Å². The van der Waals surface area contributed by atoms with Crippen LogP contribution in [0.25, 0.3) is 0 Å². The highest BCUT2D eigenvalue weighted by Gasteiger charge is 2.28. The van der Waals surface area contributed by atoms with Crippen LogP contribution in [0.15, 0.2) is 54.6 Å². The van der Waals surface area contributed by atoms with Gasteiger partial charge in [0.1, 0.15) is 5.75 Å². The summed E-state index contributed by atoms with van der Waals surface area (Å²) in [5.74, 6) is 1.13. The van der Waals surface area contributed by atoms with Crippen LogP contribution >= 0.6 is 0 Å². The second kappa shape index (κ2) is 9.24. The standard InChI is InChI=1S/C21H28N2O3S/c1-2-27(24,25)23-21-11-7-6-8-17(21)16-26-20-14-12-19(13-15-20)22-18-9-4-3-5-10-18/h3-5,9-10,12-15,17,21-23H,2,6-8,11,16H2,1H3/t17-,21+/m1/s1. The first-order chi connectivity index (χ1) is 13.1. The van der Waals surface area contributed by atoms with Gasteiger partial charge in [-0.15, -0.1) is 0 Å². The maximum atomic E-state index is 11.9. The summed E-state index contributed by atoms with van der Waals surface area (Å²) in [5, 5.41) is 3.34. The van der Waals surface area contributed by atoms with Gasteiger partial charge < -0.3 is 10.1 Å². The van der Waals surface area contributed by atoms with Gasteiger partial charge in [-0.1, -0.05) is 31.0 Å². The number of anilines is 2. The molecule has 0 amide bonds. The van der Waals surface area contributed by atoms with E-state index in [0.29, 0.717) is 6.61 Å². The summed E-state index contributed by atoms with van der Waals surface area (Å²) in [7, 11) is -3.18. The maximum absolute atomic E-state index is 11.9. The molecule has 0 aromatic heterocycles. The van der Waals surface area contributed by atoms with Crippen molar-refractivity contribution in [1.29, 1.82) is 0 Å². The molecule has 27 heavy (non-hydrogen) atoms. The second-order valence-corrected chi connectivity index (χ2v) is 9.04. The molecule has 0 aliphatic heterocycles. The molecule has 0 heterocycles. The van der Waals surface area contributed by atoms with Crippen LogP contribution in [0.4, 0.5) is 11.4 Å². The molecule has 2 aromatic rings. The van der Waals surface area contributed by atoms with Crippen molar-refractivity contribution in [3.8, 4) is 5.75 Å². The van der Waals surface area contributed by atoms with Gasteiger partial charge in [-0.2, -0.15) is 0 Å². The SMILES string of the molecule is CCS(=O)(=O)N[C@H]1CCCC[C@@H]1COc1ccc(Nc2ccccc2)cc1. The minimum absolute atomic E-state index is 0.0253. The van der Waals surface area contributed by atoms with Gasteiger partial charge in [0.2, 0.25) is 10.0 Å². The third kappa shape index (κ3) is 5.97. The van der Waals surface area contributed by atoms with Gasteiger partial charge in [0.15, 0.2) is 0 Å². The van der Waals surface area contributed by atoms with E-state index >= 15 is 0 Å². The molecule has 0 radical (unpaired) electrons. The molecule has 1 aliphatic carbocycles. The predicted molar refractivity (Wildman–Crippen MR) is 110 cm³/mol. The summed E-state index contributed by atoms with van der Waals surface area (Å²) in [6.45, 7) is 2.20. The van der Waals surface area contributed by atoms with Gasteiger partial charge >= 0.3 is 0 Å². The average molecular weight is 389 g/mol. The lowest BCUT2D eigenvalue weighted by molar-refractivity contribution is 0.180. The number of sulfonamides is 1. The molecule has 2 aromatic carbocycles. The Bertz CT molecular complexity index is 807. The first-order valence-corrected chi connectivity index (χ1v) is 11.3. The Balaban J connectivity index is 1.55. The molecule has 5 nitrogen and oxygen atoms in total. The van der Waals surface area contributed by atoms with E-state index in [4.69, 9.17) is 4.74 Å². The van der Waals surface area contributed by atoms with Crippen LogP contribution in [0, 0.1) is 5.92 Å². The predicted octanol–water partition coefficient (Wildman–Crippen LogP) is 4.31. The molecule has 0 saturated heterocycles. The Hall–Kier alpha value is -2.05. The number of hydrogen-bond acceptors (Lipinski definition) is 4. The maximum Gasteiger partial charge on any atom is 0.211 e. The van der Waals surface area contributed by atoms with E-state index in [9.17, 15) is 8.42 Å². The monoisotopic (exact) mass is 388 g/mol. The summed E-state index contributed by atoms with van der Waals surface area (Å²) >= 11 is 0. The fourth-order valence-corrected chi connectivity index (χ4v) is 4.34. The Morgan fingerprint density at radius 1 is 0.963 bits per heavy atom. The lowest BCUT2D eigenvalue weighted by Gasteiger charge is -2.31. The fraction of sp³-hybridized carbons (Fsp3) is 0.429. The van der Waals surface area contributed by atoms with Crippen LogP contribution in [-0.4, -0.2) is 26.8 Å². The molecule has 0 unspecified atom stereocenters. The highest BCUT2D eigenvalue weighted by Crippen LogP contribution is 2.27. The van der Waals surface area contributed by atoms with E-state index in [1.807, 2.05) is 54.6 Å². The molecule has 2 atom stereocenters. The van der Waals surface area contributed by atoms with Crippen molar-refractivity contribution in [3.05, 3.63) is 54.6 Å². The average Bonchev–Trinajstić information content (AvgIpc) is 2.69. The third-order valence-corrected chi connectivity index (χ3v) is 6.42. The molecular formula is C21H28N2O3S. The Kier molecular flexibility index (Phi) is 6.74. The normalized spacial score (nSPS) is 20.2. The molecule has 6 heteroatoms. The molecule has 1 aliphatic rings. The summed E-state index contributed by atoms with van der Waals surface area (Å²) in [6, 6.07) is 17.8.